The van der Waals surface area contributed by atoms with Crippen LogP contribution in [0.2, 0.25) is 0 Å². The summed E-state index contributed by atoms with van der Waals surface area (Å²) in [5.74, 6) is 0.273. The van der Waals surface area contributed by atoms with E-state index < -0.39 is 17.6 Å². The molecule has 0 aliphatic rings. The van der Waals surface area contributed by atoms with Crippen LogP contribution in [0.4, 0.5) is 0 Å². The predicted octanol–water partition coefficient (Wildman–Crippen LogP) is 1.76. The lowest BCUT2D eigenvalue weighted by Crippen LogP contribution is -2.32. The summed E-state index contributed by atoms with van der Waals surface area (Å²) in [5.41, 5.74) is 1.32. The number of aliphatic carboxylic acids is 1. The van der Waals surface area contributed by atoms with Gasteiger partial charge in [-0.15, -0.1) is 0 Å². The summed E-state index contributed by atoms with van der Waals surface area (Å²) in [6.07, 6.45) is 0.567. The van der Waals surface area contributed by atoms with E-state index in [0.29, 0.717) is 23.3 Å². The Morgan fingerprint density at radius 1 is 1.43 bits per heavy atom. The Morgan fingerprint density at radius 2 is 2.14 bits per heavy atom. The molecule has 3 aromatic heterocycles. The second kappa shape index (κ2) is 4.47. The van der Waals surface area contributed by atoms with Gasteiger partial charge in [-0.25, -0.2) is 9.48 Å². The lowest BCUT2D eigenvalue weighted by molar-refractivity contribution is -0.140. The minimum Gasteiger partial charge on any atom is -0.480 e. The molecule has 0 radical (unpaired) electrons. The third kappa shape index (κ3) is 1.84. The van der Waals surface area contributed by atoms with Gasteiger partial charge in [-0.3, -0.25) is 9.20 Å². The second-order valence-electron chi connectivity index (χ2n) is 5.01. The molecule has 1 N–H and O–H groups in total. The minimum absolute atomic E-state index is 0.378. The summed E-state index contributed by atoms with van der Waals surface area (Å²) >= 11 is 0. The van der Waals surface area contributed by atoms with E-state index in [-0.39, 0.29) is 0 Å². The van der Waals surface area contributed by atoms with Crippen LogP contribution in [0.25, 0.3) is 16.6 Å². The Balaban J connectivity index is 2.43. The number of aromatic nitrogens is 3. The van der Waals surface area contributed by atoms with Crippen molar-refractivity contribution < 1.29 is 14.3 Å². The Kier molecular flexibility index (Phi) is 2.86. The zero-order valence-corrected chi connectivity index (χ0v) is 12.0. The van der Waals surface area contributed by atoms with Gasteiger partial charge in [0.1, 0.15) is 17.1 Å². The number of fused-ring (bicyclic) bond motifs is 3. The maximum Gasteiger partial charge on any atom is 0.328 e. The van der Waals surface area contributed by atoms with Gasteiger partial charge in [0.05, 0.1) is 5.52 Å². The van der Waals surface area contributed by atoms with Crippen LogP contribution < -0.4 is 5.56 Å². The number of hydrogen-bond acceptors (Lipinski definition) is 4. The molecule has 3 rings (SSSR count). The van der Waals surface area contributed by atoms with Crippen LogP contribution in [0.3, 0.4) is 0 Å². The highest BCUT2D eigenvalue weighted by atomic mass is 16.4. The average Bonchev–Trinajstić information content (AvgIpc) is 2.95. The van der Waals surface area contributed by atoms with E-state index in [2.05, 4.69) is 5.10 Å². The van der Waals surface area contributed by atoms with Crippen molar-refractivity contribution in [3.63, 3.8) is 0 Å². The summed E-state index contributed by atoms with van der Waals surface area (Å²) in [7, 11) is 0. The molecule has 0 saturated heterocycles. The molecule has 21 heavy (non-hydrogen) atoms. The molecule has 7 nitrogen and oxygen atoms in total. The Hall–Kier alpha value is -2.57. The van der Waals surface area contributed by atoms with Gasteiger partial charge in [-0.05, 0) is 13.8 Å². The summed E-state index contributed by atoms with van der Waals surface area (Å²) in [6.45, 7) is 5.17. The van der Waals surface area contributed by atoms with Gasteiger partial charge in [0.2, 0.25) is 0 Å². The standard InChI is InChI=1S/C14H15N3O4/c1-4-12-15-17(8(3)14(19)20)13(18)10-6-11-9(16(10)12)5-7(2)21-11/h5-6,8H,4H2,1-3H3,(H,19,20)/t8-/m0/s1. The Labute approximate surface area is 119 Å². The van der Waals surface area contributed by atoms with Gasteiger partial charge in [-0.1, -0.05) is 6.92 Å². The number of carbonyl (C=O) groups is 1. The van der Waals surface area contributed by atoms with Crippen molar-refractivity contribution in [2.75, 3.05) is 0 Å². The van der Waals surface area contributed by atoms with Crippen molar-refractivity contribution in [1.29, 1.82) is 0 Å². The van der Waals surface area contributed by atoms with Crippen LogP contribution in [-0.4, -0.2) is 25.3 Å². The van der Waals surface area contributed by atoms with Gasteiger partial charge in [0, 0.05) is 18.6 Å². The molecule has 0 amide bonds. The second-order valence-corrected chi connectivity index (χ2v) is 5.01. The highest BCUT2D eigenvalue weighted by Crippen LogP contribution is 2.23. The number of rotatable bonds is 3. The molecule has 0 aromatic carbocycles. The molecular weight excluding hydrogens is 274 g/mol. The highest BCUT2D eigenvalue weighted by Gasteiger charge is 2.21. The fourth-order valence-electron chi connectivity index (χ4n) is 2.48. The van der Waals surface area contributed by atoms with Crippen molar-refractivity contribution in [3.8, 4) is 0 Å². The number of furan rings is 1. The molecule has 0 bridgehead atoms. The molecule has 0 spiro atoms. The van der Waals surface area contributed by atoms with E-state index in [4.69, 9.17) is 9.52 Å². The van der Waals surface area contributed by atoms with Crippen molar-refractivity contribution in [3.05, 3.63) is 34.1 Å². The van der Waals surface area contributed by atoms with Crippen molar-refractivity contribution >= 4 is 22.6 Å². The summed E-state index contributed by atoms with van der Waals surface area (Å²) in [4.78, 5) is 23.6. The van der Waals surface area contributed by atoms with Crippen molar-refractivity contribution in [1.82, 2.24) is 14.2 Å². The van der Waals surface area contributed by atoms with E-state index in [0.717, 1.165) is 16.0 Å². The first-order chi connectivity index (χ1) is 9.93. The van der Waals surface area contributed by atoms with Gasteiger partial charge < -0.3 is 9.52 Å². The quantitative estimate of drug-likeness (QED) is 0.793. The number of aryl methyl sites for hydroxylation is 2. The average molecular weight is 289 g/mol. The minimum atomic E-state index is -1.10. The number of nitrogens with zero attached hydrogens (tertiary/aromatic N) is 3. The highest BCUT2D eigenvalue weighted by molar-refractivity contribution is 5.83. The third-order valence-corrected chi connectivity index (χ3v) is 3.56. The molecule has 7 heteroatoms. The molecule has 0 saturated carbocycles. The van der Waals surface area contributed by atoms with Crippen LogP contribution >= 0.6 is 0 Å². The van der Waals surface area contributed by atoms with E-state index in [1.165, 1.54) is 6.92 Å². The van der Waals surface area contributed by atoms with E-state index >= 15 is 0 Å². The van der Waals surface area contributed by atoms with Crippen LogP contribution in [0.1, 0.15) is 31.5 Å². The van der Waals surface area contributed by atoms with Crippen molar-refractivity contribution in [2.24, 2.45) is 0 Å². The first-order valence-corrected chi connectivity index (χ1v) is 6.70. The fraction of sp³-hybridized carbons (Fsp3) is 0.357. The first-order valence-electron chi connectivity index (χ1n) is 6.70. The molecule has 1 atom stereocenters. The third-order valence-electron chi connectivity index (χ3n) is 3.56. The topological polar surface area (TPSA) is 89.7 Å². The summed E-state index contributed by atoms with van der Waals surface area (Å²) in [5, 5.41) is 13.3. The van der Waals surface area contributed by atoms with Gasteiger partial charge in [-0.2, -0.15) is 5.10 Å². The number of carboxylic acid groups (broad SMARTS) is 1. The molecule has 0 aliphatic heterocycles. The number of hydrogen-bond donors (Lipinski definition) is 1. The zero-order chi connectivity index (χ0) is 15.3. The maximum absolute atomic E-state index is 12.5. The largest absolute Gasteiger partial charge is 0.480 e. The lowest BCUT2D eigenvalue weighted by Gasteiger charge is -2.12. The van der Waals surface area contributed by atoms with E-state index in [1.807, 2.05) is 19.9 Å². The molecule has 110 valence electrons. The monoisotopic (exact) mass is 289 g/mol. The Bertz CT molecular complexity index is 916. The molecule has 0 aliphatic carbocycles. The molecule has 0 fully saturated rings. The molecule has 3 aromatic rings. The SMILES string of the molecule is CCc1nn([C@@H](C)C(=O)O)c(=O)c2cc3oc(C)cc3n12. The molecule has 0 unspecified atom stereocenters. The zero-order valence-electron chi connectivity index (χ0n) is 12.0. The van der Waals surface area contributed by atoms with Crippen molar-refractivity contribution in [2.45, 2.75) is 33.2 Å². The van der Waals surface area contributed by atoms with E-state index in [9.17, 15) is 9.59 Å². The summed E-state index contributed by atoms with van der Waals surface area (Å²) < 4.78 is 8.29. The van der Waals surface area contributed by atoms with Crippen LogP contribution in [0.15, 0.2) is 21.3 Å². The fourth-order valence-corrected chi connectivity index (χ4v) is 2.48. The molecule has 3 heterocycles. The van der Waals surface area contributed by atoms with Crippen LogP contribution in [0.5, 0.6) is 0 Å². The first kappa shape index (κ1) is 13.4. The predicted molar refractivity (Wildman–Crippen MR) is 75.7 cm³/mol. The van der Waals surface area contributed by atoms with Gasteiger partial charge in [0.15, 0.2) is 11.6 Å². The smallest absolute Gasteiger partial charge is 0.328 e. The Morgan fingerprint density at radius 3 is 2.76 bits per heavy atom. The normalized spacial score (nSPS) is 13.1. The number of carboxylic acids is 1. The van der Waals surface area contributed by atoms with Crippen LogP contribution in [-0.2, 0) is 11.2 Å². The maximum atomic E-state index is 12.5. The van der Waals surface area contributed by atoms with Gasteiger partial charge in [0.25, 0.3) is 5.56 Å². The van der Waals surface area contributed by atoms with E-state index in [1.54, 1.807) is 10.5 Å². The lowest BCUT2D eigenvalue weighted by atomic mass is 10.3. The molecular formula is C14H15N3O4. The van der Waals surface area contributed by atoms with Gasteiger partial charge >= 0.3 is 5.97 Å². The van der Waals surface area contributed by atoms with Crippen LogP contribution in [0, 0.1) is 6.92 Å². The summed E-state index contributed by atoms with van der Waals surface area (Å²) in [6, 6.07) is 2.46.